The van der Waals surface area contributed by atoms with Crippen molar-refractivity contribution >= 4 is 0 Å². The lowest BCUT2D eigenvalue weighted by molar-refractivity contribution is -0.165. The molecular formula is C42H70O4. The molecule has 4 nitrogen and oxygen atoms in total. The number of aryl methyl sites for hydroxylation is 2. The van der Waals surface area contributed by atoms with Gasteiger partial charge >= 0.3 is 0 Å². The van der Waals surface area contributed by atoms with Gasteiger partial charge in [-0.25, -0.2) is 0 Å². The van der Waals surface area contributed by atoms with Crippen LogP contribution in [0, 0.1) is 64.6 Å². The quantitative estimate of drug-likeness (QED) is 0.260. The number of rotatable bonds is 7. The predicted molar refractivity (Wildman–Crippen MR) is 192 cm³/mol. The number of allylic oxidation sites excluding steroid dienone is 1. The van der Waals surface area contributed by atoms with Crippen LogP contribution >= 0.6 is 0 Å². The highest BCUT2D eigenvalue weighted by Gasteiger charge is 2.68. The van der Waals surface area contributed by atoms with Crippen LogP contribution in [0.1, 0.15) is 144 Å². The second kappa shape index (κ2) is 12.6. The van der Waals surface area contributed by atoms with Crippen LogP contribution in [-0.2, 0) is 4.74 Å². The van der Waals surface area contributed by atoms with E-state index < -0.39 is 23.7 Å². The molecule has 0 saturated heterocycles. The van der Waals surface area contributed by atoms with E-state index in [1.165, 1.54) is 36.0 Å². The van der Waals surface area contributed by atoms with Crippen LogP contribution in [0.4, 0.5) is 0 Å². The first-order valence-corrected chi connectivity index (χ1v) is 18.2. The van der Waals surface area contributed by atoms with Crippen molar-refractivity contribution in [2.75, 3.05) is 0 Å². The van der Waals surface area contributed by atoms with Gasteiger partial charge in [0, 0.05) is 5.41 Å². The molecule has 0 amide bonds. The Kier molecular flexibility index (Phi) is 10.3. The van der Waals surface area contributed by atoms with Crippen LogP contribution in [0.2, 0.25) is 0 Å². The summed E-state index contributed by atoms with van der Waals surface area (Å²) in [5, 5.41) is 33.3. The molecule has 0 heterocycles. The van der Waals surface area contributed by atoms with E-state index in [-0.39, 0.29) is 47.2 Å². The van der Waals surface area contributed by atoms with Gasteiger partial charge in [-0.3, -0.25) is 0 Å². The highest BCUT2D eigenvalue weighted by atomic mass is 16.5. The Labute approximate surface area is 282 Å². The molecule has 3 saturated carbocycles. The van der Waals surface area contributed by atoms with E-state index in [1.54, 1.807) is 5.57 Å². The fourth-order valence-corrected chi connectivity index (χ4v) is 11.8. The number of fused-ring (bicyclic) bond motifs is 5. The summed E-state index contributed by atoms with van der Waals surface area (Å²) >= 11 is 0. The molecule has 4 heteroatoms. The highest BCUT2D eigenvalue weighted by molar-refractivity contribution is 5.36. The van der Waals surface area contributed by atoms with Gasteiger partial charge in [0.2, 0.25) is 0 Å². The first-order valence-electron chi connectivity index (χ1n) is 18.2. The fourth-order valence-electron chi connectivity index (χ4n) is 11.8. The number of hydrogen-bond acceptors (Lipinski definition) is 4. The SMILES string of the molecule is C.Cc1cccc(C)c1C(C)O[C@H]1CCC2C(=CCC3[C@@]2(C)CC[C@]2(C)[C@@H]([C@H](C)[C@H](O)[C@@H](O)[C@@H](O)C(C)(C)C)CC[C@@]32C)C1(C)C. The zero-order chi connectivity index (χ0) is 33.5. The molecule has 46 heavy (non-hydrogen) atoms. The first-order chi connectivity index (χ1) is 20.7. The van der Waals surface area contributed by atoms with E-state index in [9.17, 15) is 15.3 Å². The van der Waals surface area contributed by atoms with Gasteiger partial charge in [-0.15, -0.1) is 0 Å². The minimum atomic E-state index is -1.14. The van der Waals surface area contributed by atoms with Crippen molar-refractivity contribution in [1.29, 1.82) is 0 Å². The summed E-state index contributed by atoms with van der Waals surface area (Å²) in [6.07, 6.45) is 7.90. The summed E-state index contributed by atoms with van der Waals surface area (Å²) in [7, 11) is 0. The van der Waals surface area contributed by atoms with Crippen molar-refractivity contribution in [3.63, 3.8) is 0 Å². The van der Waals surface area contributed by atoms with Crippen LogP contribution in [-0.4, -0.2) is 39.7 Å². The van der Waals surface area contributed by atoms with E-state index in [0.717, 1.165) is 25.7 Å². The van der Waals surface area contributed by atoms with Crippen LogP contribution in [0.5, 0.6) is 0 Å². The van der Waals surface area contributed by atoms with E-state index >= 15 is 0 Å². The first kappa shape index (κ1) is 37.6. The number of hydrogen-bond donors (Lipinski definition) is 3. The Morgan fingerprint density at radius 2 is 1.43 bits per heavy atom. The summed E-state index contributed by atoms with van der Waals surface area (Å²) < 4.78 is 6.99. The van der Waals surface area contributed by atoms with Crippen molar-refractivity contribution in [2.24, 2.45) is 50.7 Å². The largest absolute Gasteiger partial charge is 0.390 e. The summed E-state index contributed by atoms with van der Waals surface area (Å²) in [5.74, 6) is 1.42. The van der Waals surface area contributed by atoms with E-state index in [4.69, 9.17) is 4.74 Å². The predicted octanol–water partition coefficient (Wildman–Crippen LogP) is 9.76. The molecule has 3 N–H and O–H groups in total. The molecule has 0 spiro atoms. The lowest BCUT2D eigenvalue weighted by atomic mass is 9.39. The molecule has 4 aliphatic carbocycles. The van der Waals surface area contributed by atoms with Crippen molar-refractivity contribution < 1.29 is 20.1 Å². The van der Waals surface area contributed by atoms with Crippen LogP contribution < -0.4 is 0 Å². The monoisotopic (exact) mass is 639 g/mol. The smallest absolute Gasteiger partial charge is 0.106 e. The topological polar surface area (TPSA) is 69.9 Å². The molecule has 1 aromatic carbocycles. The maximum Gasteiger partial charge on any atom is 0.106 e. The van der Waals surface area contributed by atoms with Gasteiger partial charge in [-0.05, 0) is 128 Å². The number of aliphatic hydroxyl groups excluding tert-OH is 3. The van der Waals surface area contributed by atoms with Gasteiger partial charge in [0.15, 0.2) is 0 Å². The lowest BCUT2D eigenvalue weighted by Crippen LogP contribution is -2.60. The second-order valence-electron chi connectivity index (χ2n) is 18.5. The van der Waals surface area contributed by atoms with Crippen molar-refractivity contribution in [2.45, 2.75) is 166 Å². The van der Waals surface area contributed by atoms with Crippen molar-refractivity contribution in [1.82, 2.24) is 0 Å². The molecule has 262 valence electrons. The van der Waals surface area contributed by atoms with Gasteiger partial charge < -0.3 is 20.1 Å². The molecule has 0 radical (unpaired) electrons. The molecule has 1 aromatic rings. The number of ether oxygens (including phenoxy) is 1. The Bertz CT molecular complexity index is 1250. The third-order valence-corrected chi connectivity index (χ3v) is 14.9. The molecule has 3 fully saturated rings. The molecule has 3 unspecified atom stereocenters. The second-order valence-corrected chi connectivity index (χ2v) is 18.5. The zero-order valence-corrected chi connectivity index (χ0v) is 30.7. The average molecular weight is 639 g/mol. The third-order valence-electron chi connectivity index (χ3n) is 14.9. The lowest BCUT2D eigenvalue weighted by Gasteiger charge is -2.66. The zero-order valence-electron chi connectivity index (χ0n) is 30.7. The van der Waals surface area contributed by atoms with E-state index in [2.05, 4.69) is 86.6 Å². The van der Waals surface area contributed by atoms with E-state index in [1.807, 2.05) is 20.8 Å². The average Bonchev–Trinajstić information content (AvgIpc) is 3.23. The molecule has 5 rings (SSSR count). The Morgan fingerprint density at radius 1 is 0.826 bits per heavy atom. The molecular weight excluding hydrogens is 568 g/mol. The number of aliphatic hydroxyl groups is 3. The normalized spacial score (nSPS) is 38.6. The number of benzene rings is 1. The minimum Gasteiger partial charge on any atom is -0.390 e. The van der Waals surface area contributed by atoms with Gasteiger partial charge in [0.25, 0.3) is 0 Å². The van der Waals surface area contributed by atoms with Crippen LogP contribution in [0.25, 0.3) is 0 Å². The summed E-state index contributed by atoms with van der Waals surface area (Å²) in [5.41, 5.74) is 5.62. The standard InChI is InChI=1S/C41H66O4.CH4/c1-24-14-13-15-25(2)33(24)27(4)45-32-19-17-30-29(38(32,8)9)16-18-31-39(30,10)22-23-40(11)28(20-21-41(31,40)12)26(3)34(42)35(43)36(44)37(5,6)7;/h13-16,26-28,30-32,34-36,42-44H,17-23H2,1-12H3;1H4/t26-,27?,28+,30?,31?,32-,34-,35+,36+,39-,40+,41-;/m0./s1. The maximum absolute atomic E-state index is 11.4. The Hall–Kier alpha value is -1.20. The van der Waals surface area contributed by atoms with Gasteiger partial charge in [-0.1, -0.05) is 99.6 Å². The molecule has 4 aliphatic rings. The summed E-state index contributed by atoms with van der Waals surface area (Å²) in [6.45, 7) is 27.1. The molecule has 0 aliphatic heterocycles. The van der Waals surface area contributed by atoms with E-state index in [0.29, 0.717) is 17.8 Å². The Morgan fingerprint density at radius 3 is 2.02 bits per heavy atom. The van der Waals surface area contributed by atoms with Gasteiger partial charge in [-0.2, -0.15) is 0 Å². The van der Waals surface area contributed by atoms with Crippen LogP contribution in [0.3, 0.4) is 0 Å². The highest BCUT2D eigenvalue weighted by Crippen LogP contribution is 2.75. The van der Waals surface area contributed by atoms with Gasteiger partial charge in [0.05, 0.1) is 24.4 Å². The minimum absolute atomic E-state index is 0. The third kappa shape index (κ3) is 5.67. The maximum atomic E-state index is 11.4. The molecule has 12 atom stereocenters. The van der Waals surface area contributed by atoms with Crippen molar-refractivity contribution in [3.05, 3.63) is 46.5 Å². The Balaban J connectivity index is 0.00000480. The summed E-state index contributed by atoms with van der Waals surface area (Å²) in [4.78, 5) is 0. The van der Waals surface area contributed by atoms with Crippen molar-refractivity contribution in [3.8, 4) is 0 Å². The molecule has 0 bridgehead atoms. The summed E-state index contributed by atoms with van der Waals surface area (Å²) in [6, 6.07) is 6.56. The molecule has 0 aromatic heterocycles. The van der Waals surface area contributed by atoms with Gasteiger partial charge in [0.1, 0.15) is 6.10 Å². The fraction of sp³-hybridized carbons (Fsp3) is 0.810. The van der Waals surface area contributed by atoms with Crippen LogP contribution in [0.15, 0.2) is 29.8 Å².